The van der Waals surface area contributed by atoms with E-state index in [1.54, 1.807) is 11.9 Å². The summed E-state index contributed by atoms with van der Waals surface area (Å²) in [6.45, 7) is 2.66. The molecule has 0 saturated carbocycles. The Morgan fingerprint density at radius 2 is 2.11 bits per heavy atom. The SMILES string of the molecule is CN1C(=O)COc2cc3c(cc21)C(c1cc2n(n1)CCCNC2)CC(=O)N3.Cl. The van der Waals surface area contributed by atoms with E-state index in [4.69, 9.17) is 9.84 Å². The molecule has 1 unspecified atom stereocenters. The molecule has 2 aromatic rings. The monoisotopic (exact) mass is 403 g/mol. The zero-order chi connectivity index (χ0) is 18.5. The predicted molar refractivity (Wildman–Crippen MR) is 106 cm³/mol. The molecule has 0 saturated heterocycles. The Bertz CT molecular complexity index is 934. The quantitative estimate of drug-likeness (QED) is 0.755. The minimum atomic E-state index is -0.135. The van der Waals surface area contributed by atoms with Crippen molar-refractivity contribution in [1.29, 1.82) is 0 Å². The number of amides is 2. The van der Waals surface area contributed by atoms with Gasteiger partial charge in [0, 0.05) is 44.2 Å². The summed E-state index contributed by atoms with van der Waals surface area (Å²) >= 11 is 0. The molecule has 0 fully saturated rings. The van der Waals surface area contributed by atoms with Gasteiger partial charge in [0.05, 0.1) is 17.1 Å². The molecular formula is C19H22ClN5O3. The van der Waals surface area contributed by atoms with E-state index >= 15 is 0 Å². The highest BCUT2D eigenvalue weighted by molar-refractivity contribution is 6.00. The van der Waals surface area contributed by atoms with E-state index < -0.39 is 0 Å². The summed E-state index contributed by atoms with van der Waals surface area (Å²) in [5, 5.41) is 11.1. The van der Waals surface area contributed by atoms with Crippen molar-refractivity contribution < 1.29 is 14.3 Å². The number of hydrogen-bond donors (Lipinski definition) is 2. The van der Waals surface area contributed by atoms with Crippen LogP contribution >= 0.6 is 12.4 Å². The third kappa shape index (κ3) is 3.02. The van der Waals surface area contributed by atoms with Gasteiger partial charge in [-0.3, -0.25) is 14.3 Å². The molecule has 0 bridgehead atoms. The molecule has 0 spiro atoms. The lowest BCUT2D eigenvalue weighted by Crippen LogP contribution is -2.36. The minimum Gasteiger partial charge on any atom is -0.481 e. The Balaban J connectivity index is 0.00000192. The third-order valence-corrected chi connectivity index (χ3v) is 5.53. The number of hydrogen-bond acceptors (Lipinski definition) is 5. The second kappa shape index (κ2) is 7.10. The molecule has 3 aliphatic rings. The smallest absolute Gasteiger partial charge is 0.264 e. The number of nitrogens with one attached hydrogen (secondary N) is 2. The van der Waals surface area contributed by atoms with Gasteiger partial charge >= 0.3 is 0 Å². The number of aromatic nitrogens is 2. The van der Waals surface area contributed by atoms with Gasteiger partial charge in [0.25, 0.3) is 5.91 Å². The molecule has 1 aromatic heterocycles. The van der Waals surface area contributed by atoms with Crippen LogP contribution in [0.2, 0.25) is 0 Å². The maximum atomic E-state index is 12.3. The van der Waals surface area contributed by atoms with Gasteiger partial charge in [0.1, 0.15) is 5.75 Å². The summed E-state index contributed by atoms with van der Waals surface area (Å²) in [6.07, 6.45) is 1.38. The van der Waals surface area contributed by atoms with E-state index in [-0.39, 0.29) is 36.7 Å². The summed E-state index contributed by atoms with van der Waals surface area (Å²) in [7, 11) is 1.75. The van der Waals surface area contributed by atoms with Gasteiger partial charge in [-0.25, -0.2) is 0 Å². The summed E-state index contributed by atoms with van der Waals surface area (Å²) in [4.78, 5) is 25.9. The highest BCUT2D eigenvalue weighted by Crippen LogP contribution is 2.44. The number of rotatable bonds is 1. The molecule has 148 valence electrons. The first kappa shape index (κ1) is 18.8. The normalized spacial score (nSPS) is 20.8. The topological polar surface area (TPSA) is 88.5 Å². The van der Waals surface area contributed by atoms with Gasteiger partial charge in [-0.15, -0.1) is 12.4 Å². The van der Waals surface area contributed by atoms with Crippen molar-refractivity contribution in [2.45, 2.75) is 31.8 Å². The number of likely N-dealkylation sites (N-methyl/N-ethyl adjacent to an activating group) is 1. The van der Waals surface area contributed by atoms with Crippen LogP contribution in [-0.2, 0) is 22.7 Å². The fraction of sp³-hybridized carbons (Fsp3) is 0.421. The van der Waals surface area contributed by atoms with Gasteiger partial charge in [-0.05, 0) is 30.7 Å². The largest absolute Gasteiger partial charge is 0.481 e. The lowest BCUT2D eigenvalue weighted by Gasteiger charge is -2.31. The van der Waals surface area contributed by atoms with Gasteiger partial charge in [-0.1, -0.05) is 0 Å². The number of benzene rings is 1. The molecule has 8 nitrogen and oxygen atoms in total. The number of carbonyl (C=O) groups excluding carboxylic acids is 2. The van der Waals surface area contributed by atoms with Crippen LogP contribution in [0.5, 0.6) is 5.75 Å². The minimum absolute atomic E-state index is 0. The standard InChI is InChI=1S/C19H21N5O3.ClH/c1-23-16-6-12-13(15-5-11-9-20-3-2-4-24(11)22-15)7-18(25)21-14(12)8-17(16)27-10-19(23)26;/h5-6,8,13,20H,2-4,7,9-10H2,1H3,(H,21,25);1H. The molecule has 28 heavy (non-hydrogen) atoms. The van der Waals surface area contributed by atoms with Crippen molar-refractivity contribution >= 4 is 35.6 Å². The van der Waals surface area contributed by atoms with E-state index in [1.807, 2.05) is 16.8 Å². The number of carbonyl (C=O) groups is 2. The zero-order valence-corrected chi connectivity index (χ0v) is 16.3. The fourth-order valence-electron chi connectivity index (χ4n) is 4.04. The van der Waals surface area contributed by atoms with Crippen LogP contribution in [0.15, 0.2) is 18.2 Å². The average molecular weight is 404 g/mol. The Morgan fingerprint density at radius 3 is 2.96 bits per heavy atom. The molecule has 0 aliphatic carbocycles. The van der Waals surface area contributed by atoms with Gasteiger partial charge in [-0.2, -0.15) is 5.10 Å². The highest BCUT2D eigenvalue weighted by atomic mass is 35.5. The molecule has 1 atom stereocenters. The lowest BCUT2D eigenvalue weighted by molar-refractivity contribution is -0.121. The van der Waals surface area contributed by atoms with E-state index in [1.165, 1.54) is 0 Å². The van der Waals surface area contributed by atoms with Crippen molar-refractivity contribution in [3.05, 3.63) is 35.2 Å². The summed E-state index contributed by atoms with van der Waals surface area (Å²) in [5.41, 5.74) is 4.48. The summed E-state index contributed by atoms with van der Waals surface area (Å²) < 4.78 is 7.60. The highest BCUT2D eigenvalue weighted by Gasteiger charge is 2.33. The van der Waals surface area contributed by atoms with Gasteiger partial charge in [0.15, 0.2) is 6.61 Å². The van der Waals surface area contributed by atoms with Crippen LogP contribution in [-0.4, -0.2) is 41.8 Å². The van der Waals surface area contributed by atoms with E-state index in [0.717, 1.165) is 54.4 Å². The Morgan fingerprint density at radius 1 is 1.25 bits per heavy atom. The molecule has 2 N–H and O–H groups in total. The zero-order valence-electron chi connectivity index (χ0n) is 15.5. The van der Waals surface area contributed by atoms with E-state index in [2.05, 4.69) is 16.7 Å². The second-order valence-electron chi connectivity index (χ2n) is 7.27. The number of anilines is 2. The lowest BCUT2D eigenvalue weighted by atomic mass is 9.87. The predicted octanol–water partition coefficient (Wildman–Crippen LogP) is 1.63. The van der Waals surface area contributed by atoms with Crippen LogP contribution in [0, 0.1) is 0 Å². The fourth-order valence-corrected chi connectivity index (χ4v) is 4.04. The number of fused-ring (bicyclic) bond motifs is 3. The van der Waals surface area contributed by atoms with E-state index in [0.29, 0.717) is 12.2 Å². The first-order valence-corrected chi connectivity index (χ1v) is 9.24. The van der Waals surface area contributed by atoms with Gasteiger partial charge in [0.2, 0.25) is 5.91 Å². The first-order chi connectivity index (χ1) is 13.1. The van der Waals surface area contributed by atoms with Crippen LogP contribution in [0.1, 0.15) is 35.7 Å². The number of aryl methyl sites for hydroxylation is 1. The maximum Gasteiger partial charge on any atom is 0.264 e. The number of ether oxygens (including phenoxy) is 1. The second-order valence-corrected chi connectivity index (χ2v) is 7.27. The van der Waals surface area contributed by atoms with Crippen molar-refractivity contribution in [2.24, 2.45) is 0 Å². The third-order valence-electron chi connectivity index (χ3n) is 5.53. The van der Waals surface area contributed by atoms with E-state index in [9.17, 15) is 9.59 Å². The number of halogens is 1. The van der Waals surface area contributed by atoms with Crippen LogP contribution < -0.4 is 20.3 Å². The van der Waals surface area contributed by atoms with Crippen LogP contribution in [0.3, 0.4) is 0 Å². The molecule has 2 amide bonds. The molecule has 5 rings (SSSR count). The molecule has 9 heteroatoms. The van der Waals surface area contributed by atoms with Crippen molar-refractivity contribution in [1.82, 2.24) is 15.1 Å². The Labute approximate surface area is 168 Å². The summed E-state index contributed by atoms with van der Waals surface area (Å²) in [6, 6.07) is 5.87. The Hall–Kier alpha value is -2.58. The molecule has 3 aliphatic heterocycles. The van der Waals surface area contributed by atoms with Crippen molar-refractivity contribution in [3.8, 4) is 5.75 Å². The average Bonchev–Trinajstić information content (AvgIpc) is 2.93. The molecule has 0 radical (unpaired) electrons. The Kier molecular flexibility index (Phi) is 4.76. The molecule has 4 heterocycles. The molecular weight excluding hydrogens is 382 g/mol. The number of nitrogens with zero attached hydrogens (tertiary/aromatic N) is 3. The van der Waals surface area contributed by atoms with Crippen molar-refractivity contribution in [3.63, 3.8) is 0 Å². The van der Waals surface area contributed by atoms with Crippen molar-refractivity contribution in [2.75, 3.05) is 30.4 Å². The van der Waals surface area contributed by atoms with Crippen LogP contribution in [0.4, 0.5) is 11.4 Å². The van der Waals surface area contributed by atoms with Crippen LogP contribution in [0.25, 0.3) is 0 Å². The maximum absolute atomic E-state index is 12.3. The summed E-state index contributed by atoms with van der Waals surface area (Å²) in [5.74, 6) is 0.359. The van der Waals surface area contributed by atoms with Gasteiger partial charge < -0.3 is 20.3 Å². The molecule has 1 aromatic carbocycles. The first-order valence-electron chi connectivity index (χ1n) is 9.24.